The average molecular weight is 251 g/mol. The van der Waals surface area contributed by atoms with Crippen LogP contribution in [-0.2, 0) is 4.74 Å². The zero-order valence-corrected chi connectivity index (χ0v) is 11.0. The molecule has 0 spiro atoms. The molecule has 1 aliphatic heterocycles. The van der Waals surface area contributed by atoms with Gasteiger partial charge in [0, 0.05) is 18.6 Å². The predicted molar refractivity (Wildman–Crippen MR) is 70.0 cm³/mol. The van der Waals surface area contributed by atoms with Crippen LogP contribution in [0.5, 0.6) is 11.5 Å². The molecule has 1 aliphatic rings. The second kappa shape index (κ2) is 6.07. The maximum Gasteiger partial charge on any atom is 0.161 e. The van der Waals surface area contributed by atoms with E-state index in [1.165, 1.54) is 0 Å². The van der Waals surface area contributed by atoms with Gasteiger partial charge < -0.3 is 19.9 Å². The van der Waals surface area contributed by atoms with Gasteiger partial charge >= 0.3 is 0 Å². The number of nitrogens with two attached hydrogens (primary N) is 1. The molecule has 0 amide bonds. The normalized spacial score (nSPS) is 20.7. The van der Waals surface area contributed by atoms with E-state index in [4.69, 9.17) is 19.9 Å². The summed E-state index contributed by atoms with van der Waals surface area (Å²) in [5, 5.41) is 0. The van der Waals surface area contributed by atoms with E-state index in [2.05, 4.69) is 0 Å². The molecule has 0 aromatic heterocycles. The highest BCUT2D eigenvalue weighted by Crippen LogP contribution is 2.30. The van der Waals surface area contributed by atoms with E-state index in [1.807, 2.05) is 25.1 Å². The molecule has 100 valence electrons. The van der Waals surface area contributed by atoms with E-state index in [0.717, 1.165) is 36.7 Å². The minimum Gasteiger partial charge on any atom is -0.493 e. The molecule has 1 fully saturated rings. The van der Waals surface area contributed by atoms with Crippen LogP contribution in [-0.4, -0.2) is 26.9 Å². The molecule has 18 heavy (non-hydrogen) atoms. The van der Waals surface area contributed by atoms with Gasteiger partial charge in [-0.15, -0.1) is 0 Å². The molecular formula is C14H21NO3. The lowest BCUT2D eigenvalue weighted by atomic mass is 10.1. The van der Waals surface area contributed by atoms with Gasteiger partial charge in [-0.1, -0.05) is 6.07 Å². The van der Waals surface area contributed by atoms with Crippen LogP contribution in [0.15, 0.2) is 18.2 Å². The number of methoxy groups -OCH3 is 1. The van der Waals surface area contributed by atoms with Crippen LogP contribution in [0.2, 0.25) is 0 Å². The molecule has 1 aromatic carbocycles. The molecule has 4 nitrogen and oxygen atoms in total. The average Bonchev–Trinajstić information content (AvgIpc) is 2.89. The highest BCUT2D eigenvalue weighted by molar-refractivity contribution is 5.43. The second-order valence-corrected chi connectivity index (χ2v) is 4.74. The Balaban J connectivity index is 2.02. The topological polar surface area (TPSA) is 53.7 Å². The van der Waals surface area contributed by atoms with Crippen LogP contribution < -0.4 is 15.2 Å². The Hall–Kier alpha value is -1.26. The number of hydrogen-bond acceptors (Lipinski definition) is 4. The molecule has 1 unspecified atom stereocenters. The van der Waals surface area contributed by atoms with Crippen molar-refractivity contribution in [2.45, 2.75) is 19.4 Å². The van der Waals surface area contributed by atoms with Crippen molar-refractivity contribution in [1.29, 1.82) is 0 Å². The van der Waals surface area contributed by atoms with Crippen molar-refractivity contribution in [2.75, 3.05) is 26.9 Å². The van der Waals surface area contributed by atoms with Gasteiger partial charge in [0.25, 0.3) is 0 Å². The van der Waals surface area contributed by atoms with Crippen molar-refractivity contribution in [3.63, 3.8) is 0 Å². The molecule has 0 saturated carbocycles. The first-order valence-corrected chi connectivity index (χ1v) is 6.34. The Bertz CT molecular complexity index is 387. The van der Waals surface area contributed by atoms with Crippen LogP contribution in [0.4, 0.5) is 0 Å². The van der Waals surface area contributed by atoms with Gasteiger partial charge in [-0.2, -0.15) is 0 Å². The highest BCUT2D eigenvalue weighted by Gasteiger charge is 2.17. The Kier molecular flexibility index (Phi) is 4.44. The number of ether oxygens (including phenoxy) is 3. The summed E-state index contributed by atoms with van der Waals surface area (Å²) in [6.45, 7) is 4.26. The Morgan fingerprint density at radius 3 is 2.89 bits per heavy atom. The molecule has 1 heterocycles. The second-order valence-electron chi connectivity index (χ2n) is 4.74. The summed E-state index contributed by atoms with van der Waals surface area (Å²) in [6.07, 6.45) is 1.07. The van der Waals surface area contributed by atoms with Gasteiger partial charge in [-0.25, -0.2) is 0 Å². The minimum atomic E-state index is -0.00354. The van der Waals surface area contributed by atoms with Crippen molar-refractivity contribution in [1.82, 2.24) is 0 Å². The van der Waals surface area contributed by atoms with E-state index < -0.39 is 0 Å². The Morgan fingerprint density at radius 2 is 2.28 bits per heavy atom. The first kappa shape index (κ1) is 13.2. The van der Waals surface area contributed by atoms with Crippen LogP contribution in [0, 0.1) is 5.92 Å². The van der Waals surface area contributed by atoms with Crippen molar-refractivity contribution < 1.29 is 14.2 Å². The molecule has 2 rings (SSSR count). The zero-order chi connectivity index (χ0) is 13.0. The highest BCUT2D eigenvalue weighted by atomic mass is 16.5. The maximum atomic E-state index is 5.85. The van der Waals surface area contributed by atoms with Gasteiger partial charge in [0.15, 0.2) is 11.5 Å². The molecule has 2 N–H and O–H groups in total. The summed E-state index contributed by atoms with van der Waals surface area (Å²) in [5.41, 5.74) is 6.89. The van der Waals surface area contributed by atoms with E-state index in [1.54, 1.807) is 7.11 Å². The molecule has 1 aromatic rings. The fraction of sp³-hybridized carbons (Fsp3) is 0.571. The smallest absolute Gasteiger partial charge is 0.161 e. The van der Waals surface area contributed by atoms with Crippen molar-refractivity contribution in [2.24, 2.45) is 11.7 Å². The third-order valence-corrected chi connectivity index (χ3v) is 3.21. The monoisotopic (exact) mass is 251 g/mol. The fourth-order valence-corrected chi connectivity index (χ4v) is 2.01. The summed E-state index contributed by atoms with van der Waals surface area (Å²) >= 11 is 0. The van der Waals surface area contributed by atoms with Crippen LogP contribution in [0.3, 0.4) is 0 Å². The maximum absolute atomic E-state index is 5.85. The summed E-state index contributed by atoms with van der Waals surface area (Å²) in [5.74, 6) is 2.00. The molecule has 0 bridgehead atoms. The molecule has 1 saturated heterocycles. The molecule has 2 atom stereocenters. The first-order valence-electron chi connectivity index (χ1n) is 6.34. The van der Waals surface area contributed by atoms with Crippen LogP contribution >= 0.6 is 0 Å². The van der Waals surface area contributed by atoms with Gasteiger partial charge in [-0.05, 0) is 31.0 Å². The van der Waals surface area contributed by atoms with Crippen LogP contribution in [0.25, 0.3) is 0 Å². The Morgan fingerprint density at radius 1 is 1.44 bits per heavy atom. The summed E-state index contributed by atoms with van der Waals surface area (Å²) in [7, 11) is 1.64. The molecule has 0 radical (unpaired) electrons. The molecule has 4 heteroatoms. The number of rotatable bonds is 5. The van der Waals surface area contributed by atoms with Gasteiger partial charge in [0.1, 0.15) is 0 Å². The van der Waals surface area contributed by atoms with Crippen molar-refractivity contribution >= 4 is 0 Å². The third-order valence-electron chi connectivity index (χ3n) is 3.21. The van der Waals surface area contributed by atoms with Gasteiger partial charge in [0.05, 0.1) is 20.3 Å². The summed E-state index contributed by atoms with van der Waals surface area (Å²) in [4.78, 5) is 0. The largest absolute Gasteiger partial charge is 0.493 e. The number of hydrogen-bond donors (Lipinski definition) is 1. The fourth-order valence-electron chi connectivity index (χ4n) is 2.01. The summed E-state index contributed by atoms with van der Waals surface area (Å²) < 4.78 is 16.5. The first-order chi connectivity index (χ1) is 8.70. The van der Waals surface area contributed by atoms with Crippen LogP contribution in [0.1, 0.15) is 24.9 Å². The lowest BCUT2D eigenvalue weighted by Crippen LogP contribution is -2.12. The standard InChI is InChI=1S/C14H21NO3/c1-10(15)12-3-4-13(14(7-12)16-2)18-9-11-5-6-17-8-11/h3-4,7,10-11H,5-6,8-9,15H2,1-2H3/t10-,11?/m0/s1. The summed E-state index contributed by atoms with van der Waals surface area (Å²) in [6, 6.07) is 5.84. The van der Waals surface area contributed by atoms with Gasteiger partial charge in [0.2, 0.25) is 0 Å². The molecular weight excluding hydrogens is 230 g/mol. The van der Waals surface area contributed by atoms with Crippen molar-refractivity contribution in [3.05, 3.63) is 23.8 Å². The van der Waals surface area contributed by atoms with E-state index >= 15 is 0 Å². The van der Waals surface area contributed by atoms with E-state index in [-0.39, 0.29) is 6.04 Å². The minimum absolute atomic E-state index is 0.00354. The van der Waals surface area contributed by atoms with Gasteiger partial charge in [-0.3, -0.25) is 0 Å². The zero-order valence-electron chi connectivity index (χ0n) is 11.0. The third kappa shape index (κ3) is 3.15. The lowest BCUT2D eigenvalue weighted by molar-refractivity contribution is 0.165. The Labute approximate surface area is 108 Å². The SMILES string of the molecule is COc1cc([C@H](C)N)ccc1OCC1CCOC1. The number of benzene rings is 1. The molecule has 0 aliphatic carbocycles. The van der Waals surface area contributed by atoms with E-state index in [0.29, 0.717) is 12.5 Å². The quantitative estimate of drug-likeness (QED) is 0.871. The lowest BCUT2D eigenvalue weighted by Gasteiger charge is -2.15. The van der Waals surface area contributed by atoms with Crippen molar-refractivity contribution in [3.8, 4) is 11.5 Å². The predicted octanol–water partition coefficient (Wildman–Crippen LogP) is 2.13. The van der Waals surface area contributed by atoms with E-state index in [9.17, 15) is 0 Å².